The predicted octanol–water partition coefficient (Wildman–Crippen LogP) is 15.1. The predicted molar refractivity (Wildman–Crippen MR) is 259 cm³/mol. The van der Waals surface area contributed by atoms with Crippen molar-refractivity contribution in [3.8, 4) is 0 Å². The van der Waals surface area contributed by atoms with E-state index < -0.39 is 26.5 Å². The van der Waals surface area contributed by atoms with Gasteiger partial charge in [-0.3, -0.25) is 14.2 Å². The van der Waals surface area contributed by atoms with Crippen LogP contribution in [-0.2, 0) is 32.7 Å². The molecule has 0 saturated heterocycles. The first-order valence-corrected chi connectivity index (χ1v) is 27.9. The number of carbonyl (C=O) groups excluding carboxylic acids is 2. The molecule has 0 aromatic heterocycles. The molecule has 0 N–H and O–H groups in total. The summed E-state index contributed by atoms with van der Waals surface area (Å²) in [6.45, 7) is 4.28. The van der Waals surface area contributed by atoms with E-state index in [1.807, 2.05) is 21.1 Å². The minimum atomic E-state index is -4.63. The summed E-state index contributed by atoms with van der Waals surface area (Å²) in [5, 5.41) is 0. The number of hydrogen-bond acceptors (Lipinski definition) is 8. The van der Waals surface area contributed by atoms with Crippen molar-refractivity contribution in [2.45, 2.75) is 264 Å². The van der Waals surface area contributed by atoms with Crippen LogP contribution in [0.2, 0.25) is 0 Å². The number of hydrogen-bond donors (Lipinski definition) is 0. The van der Waals surface area contributed by atoms with Gasteiger partial charge in [-0.15, -0.1) is 0 Å². The number of carbonyl (C=O) groups is 2. The first-order chi connectivity index (χ1) is 30.0. The summed E-state index contributed by atoms with van der Waals surface area (Å²) in [6, 6.07) is 0. The SMILES string of the molecule is CCCCCCCCCC/C=C\CCCCCCCCCCCC(=O)OC(COC(=O)CCCCCCCCCCCCCCCCCCC)COP(=O)([O-])OCC[N+](C)(C)C. The minimum absolute atomic E-state index is 0.0276. The van der Waals surface area contributed by atoms with Crippen LogP contribution in [0.5, 0.6) is 0 Å². The Morgan fingerprint density at radius 1 is 0.484 bits per heavy atom. The van der Waals surface area contributed by atoms with Gasteiger partial charge in [-0.05, 0) is 38.5 Å². The number of likely N-dealkylation sites (N-methyl/N-ethyl adjacent to an activating group) is 1. The summed E-state index contributed by atoms with van der Waals surface area (Å²) in [4.78, 5) is 37.7. The second-order valence-electron chi connectivity index (χ2n) is 19.2. The summed E-state index contributed by atoms with van der Waals surface area (Å²) in [6.07, 6.45) is 49.5. The Hall–Kier alpha value is -1.25. The number of esters is 2. The van der Waals surface area contributed by atoms with Crippen LogP contribution in [0, 0.1) is 0 Å². The molecule has 10 heteroatoms. The maximum absolute atomic E-state index is 12.7. The molecule has 0 saturated carbocycles. The summed E-state index contributed by atoms with van der Waals surface area (Å²) in [5.41, 5.74) is 0. The van der Waals surface area contributed by atoms with Crippen molar-refractivity contribution in [2.75, 3.05) is 47.5 Å². The first kappa shape index (κ1) is 60.8. The third-order valence-electron chi connectivity index (χ3n) is 11.8. The number of unbranched alkanes of at least 4 members (excludes halogenated alkanes) is 33. The fourth-order valence-corrected chi connectivity index (χ4v) is 8.38. The molecule has 9 nitrogen and oxygen atoms in total. The highest BCUT2D eigenvalue weighted by molar-refractivity contribution is 7.45. The van der Waals surface area contributed by atoms with Crippen LogP contribution in [0.25, 0.3) is 0 Å². The van der Waals surface area contributed by atoms with Crippen LogP contribution >= 0.6 is 7.82 Å². The van der Waals surface area contributed by atoms with Crippen LogP contribution in [0.1, 0.15) is 258 Å². The normalized spacial score (nSPS) is 13.5. The van der Waals surface area contributed by atoms with Crippen LogP contribution in [0.3, 0.4) is 0 Å². The van der Waals surface area contributed by atoms with E-state index in [2.05, 4.69) is 26.0 Å². The molecule has 0 aliphatic heterocycles. The molecule has 2 unspecified atom stereocenters. The Balaban J connectivity index is 4.20. The number of phosphoric ester groups is 1. The number of nitrogens with zero attached hydrogens (tertiary/aromatic N) is 1. The molecular weight excluding hydrogens is 798 g/mol. The summed E-state index contributed by atoms with van der Waals surface area (Å²) < 4.78 is 34.1. The molecular formula is C52H102NO8P. The lowest BCUT2D eigenvalue weighted by molar-refractivity contribution is -0.870. The average Bonchev–Trinajstić information content (AvgIpc) is 3.23. The summed E-state index contributed by atoms with van der Waals surface area (Å²) >= 11 is 0. The molecule has 62 heavy (non-hydrogen) atoms. The first-order valence-electron chi connectivity index (χ1n) is 26.4. The third-order valence-corrected chi connectivity index (χ3v) is 12.7. The standard InChI is InChI=1S/C52H102NO8P/c1-6-8-10-12-14-16-18-20-22-24-25-26-27-29-31-33-35-37-39-41-43-45-52(55)61-50(49-60-62(56,57)59-47-46-53(3,4)5)48-58-51(54)44-42-40-38-36-34-32-30-28-23-21-19-17-15-13-11-9-7-2/h24-25,50H,6-23,26-49H2,1-5H3/b25-24-. The third kappa shape index (κ3) is 48.2. The molecule has 2 atom stereocenters. The highest BCUT2D eigenvalue weighted by Gasteiger charge is 2.21. The number of quaternary nitrogens is 1. The maximum Gasteiger partial charge on any atom is 0.306 e. The number of allylic oxidation sites excluding steroid dienone is 2. The molecule has 368 valence electrons. The van der Waals surface area contributed by atoms with E-state index in [0.29, 0.717) is 17.4 Å². The largest absolute Gasteiger partial charge is 0.756 e. The zero-order valence-electron chi connectivity index (χ0n) is 41.6. The number of ether oxygens (including phenoxy) is 2. The van der Waals surface area contributed by atoms with Crippen LogP contribution < -0.4 is 4.89 Å². The molecule has 0 aliphatic carbocycles. The Morgan fingerprint density at radius 2 is 0.823 bits per heavy atom. The van der Waals surface area contributed by atoms with Crippen molar-refractivity contribution in [2.24, 2.45) is 0 Å². The Morgan fingerprint density at radius 3 is 1.19 bits per heavy atom. The van der Waals surface area contributed by atoms with Gasteiger partial charge in [0.05, 0.1) is 27.7 Å². The molecule has 0 rings (SSSR count). The Labute approximate surface area is 384 Å². The van der Waals surface area contributed by atoms with Crippen LogP contribution in [0.15, 0.2) is 12.2 Å². The average molecular weight is 900 g/mol. The van der Waals surface area contributed by atoms with E-state index in [9.17, 15) is 19.0 Å². The van der Waals surface area contributed by atoms with Gasteiger partial charge in [0.2, 0.25) is 0 Å². The van der Waals surface area contributed by atoms with Crippen molar-refractivity contribution in [3.63, 3.8) is 0 Å². The lowest BCUT2D eigenvalue weighted by Crippen LogP contribution is -2.37. The Bertz CT molecular complexity index is 1060. The lowest BCUT2D eigenvalue weighted by Gasteiger charge is -2.28. The van der Waals surface area contributed by atoms with E-state index in [0.717, 1.165) is 38.5 Å². The fourth-order valence-electron chi connectivity index (χ4n) is 7.65. The molecule has 0 bridgehead atoms. The number of rotatable bonds is 49. The molecule has 0 amide bonds. The van der Waals surface area contributed by atoms with Gasteiger partial charge in [-0.2, -0.15) is 0 Å². The van der Waals surface area contributed by atoms with Crippen molar-refractivity contribution in [1.82, 2.24) is 0 Å². The van der Waals surface area contributed by atoms with E-state index in [-0.39, 0.29) is 32.0 Å². The molecule has 0 aliphatic rings. The fraction of sp³-hybridized carbons (Fsp3) is 0.923. The van der Waals surface area contributed by atoms with E-state index in [1.165, 1.54) is 186 Å². The second-order valence-corrected chi connectivity index (χ2v) is 20.7. The number of phosphoric acid groups is 1. The van der Waals surface area contributed by atoms with Gasteiger partial charge in [-0.25, -0.2) is 0 Å². The van der Waals surface area contributed by atoms with Crippen molar-refractivity contribution in [1.29, 1.82) is 0 Å². The maximum atomic E-state index is 12.7. The van der Waals surface area contributed by atoms with Crippen molar-refractivity contribution in [3.05, 3.63) is 12.2 Å². The van der Waals surface area contributed by atoms with E-state index in [4.69, 9.17) is 18.5 Å². The summed E-state index contributed by atoms with van der Waals surface area (Å²) in [7, 11) is 1.18. The molecule has 0 heterocycles. The zero-order chi connectivity index (χ0) is 45.7. The zero-order valence-corrected chi connectivity index (χ0v) is 42.5. The van der Waals surface area contributed by atoms with E-state index >= 15 is 0 Å². The topological polar surface area (TPSA) is 111 Å². The van der Waals surface area contributed by atoms with Crippen molar-refractivity contribution >= 4 is 19.8 Å². The van der Waals surface area contributed by atoms with Gasteiger partial charge in [0.25, 0.3) is 7.82 Å². The minimum Gasteiger partial charge on any atom is -0.756 e. The van der Waals surface area contributed by atoms with Gasteiger partial charge in [0.1, 0.15) is 19.8 Å². The summed E-state index contributed by atoms with van der Waals surface area (Å²) in [5.74, 6) is -0.820. The van der Waals surface area contributed by atoms with Gasteiger partial charge < -0.3 is 27.9 Å². The lowest BCUT2D eigenvalue weighted by atomic mass is 10.0. The van der Waals surface area contributed by atoms with Gasteiger partial charge in [0, 0.05) is 12.8 Å². The van der Waals surface area contributed by atoms with Crippen LogP contribution in [-0.4, -0.2) is 70.0 Å². The molecule has 0 fully saturated rings. The molecule has 0 aromatic carbocycles. The highest BCUT2D eigenvalue weighted by atomic mass is 31.2. The quantitative estimate of drug-likeness (QED) is 0.0195. The van der Waals surface area contributed by atoms with Crippen molar-refractivity contribution < 1.29 is 42.1 Å². The smallest absolute Gasteiger partial charge is 0.306 e. The monoisotopic (exact) mass is 900 g/mol. The molecule has 0 radical (unpaired) electrons. The Kier molecular flexibility index (Phi) is 44.0. The van der Waals surface area contributed by atoms with E-state index in [1.54, 1.807) is 0 Å². The molecule has 0 spiro atoms. The molecule has 0 aromatic rings. The van der Waals surface area contributed by atoms with Gasteiger partial charge in [0.15, 0.2) is 6.10 Å². The second kappa shape index (κ2) is 44.9. The van der Waals surface area contributed by atoms with Crippen LogP contribution in [0.4, 0.5) is 0 Å². The van der Waals surface area contributed by atoms with Gasteiger partial charge in [-0.1, -0.05) is 219 Å². The van der Waals surface area contributed by atoms with Gasteiger partial charge >= 0.3 is 11.9 Å². The highest BCUT2D eigenvalue weighted by Crippen LogP contribution is 2.38.